The lowest BCUT2D eigenvalue weighted by atomic mass is 10.1. The SMILES string of the molecule is N#Cc1ccc(Nc2ccc(C(=O)O)c(N)c2)cc1C#N. The van der Waals surface area contributed by atoms with E-state index in [2.05, 4.69) is 5.32 Å². The normalized spacial score (nSPS) is 9.43. The van der Waals surface area contributed by atoms with Crippen LogP contribution in [-0.2, 0) is 0 Å². The lowest BCUT2D eigenvalue weighted by Crippen LogP contribution is -2.03. The minimum absolute atomic E-state index is 0.0260. The molecule has 6 heteroatoms. The number of nitriles is 2. The molecular formula is C15H10N4O2. The van der Waals surface area contributed by atoms with Crippen molar-refractivity contribution in [2.24, 2.45) is 0 Å². The van der Waals surface area contributed by atoms with Crippen molar-refractivity contribution in [1.82, 2.24) is 0 Å². The minimum atomic E-state index is -1.09. The number of nitrogens with zero attached hydrogens (tertiary/aromatic N) is 2. The van der Waals surface area contributed by atoms with Crippen LogP contribution in [0.5, 0.6) is 0 Å². The average Bonchev–Trinajstić information content (AvgIpc) is 2.46. The number of rotatable bonds is 3. The van der Waals surface area contributed by atoms with Crippen molar-refractivity contribution in [3.05, 3.63) is 53.1 Å². The molecule has 2 aromatic carbocycles. The number of hydrogen-bond acceptors (Lipinski definition) is 5. The second kappa shape index (κ2) is 5.64. The van der Waals surface area contributed by atoms with E-state index in [1.807, 2.05) is 12.1 Å². The number of aromatic carboxylic acids is 1. The van der Waals surface area contributed by atoms with Crippen LogP contribution in [0, 0.1) is 22.7 Å². The van der Waals surface area contributed by atoms with Gasteiger partial charge in [-0.2, -0.15) is 10.5 Å². The Bertz CT molecular complexity index is 800. The van der Waals surface area contributed by atoms with Crippen LogP contribution in [0.1, 0.15) is 21.5 Å². The van der Waals surface area contributed by atoms with Gasteiger partial charge in [0.1, 0.15) is 12.1 Å². The number of benzene rings is 2. The molecule has 0 atom stereocenters. The monoisotopic (exact) mass is 278 g/mol. The fourth-order valence-electron chi connectivity index (χ4n) is 1.81. The number of nitrogens with one attached hydrogen (secondary N) is 1. The Labute approximate surface area is 120 Å². The molecule has 0 heterocycles. The van der Waals surface area contributed by atoms with Gasteiger partial charge in [-0.05, 0) is 36.4 Å². The zero-order chi connectivity index (χ0) is 15.4. The summed E-state index contributed by atoms with van der Waals surface area (Å²) in [5.74, 6) is -1.09. The third-order valence-electron chi connectivity index (χ3n) is 2.83. The number of carbonyl (C=O) groups is 1. The van der Waals surface area contributed by atoms with Crippen LogP contribution in [0.3, 0.4) is 0 Å². The van der Waals surface area contributed by atoms with Crippen molar-refractivity contribution in [3.63, 3.8) is 0 Å². The highest BCUT2D eigenvalue weighted by molar-refractivity contribution is 5.94. The molecule has 0 unspecified atom stereocenters. The van der Waals surface area contributed by atoms with E-state index in [0.717, 1.165) is 0 Å². The molecule has 102 valence electrons. The summed E-state index contributed by atoms with van der Waals surface area (Å²) >= 11 is 0. The molecule has 0 aliphatic heterocycles. The molecular weight excluding hydrogens is 268 g/mol. The van der Waals surface area contributed by atoms with Gasteiger partial charge in [-0.25, -0.2) is 4.79 Å². The Balaban J connectivity index is 2.31. The molecule has 0 spiro atoms. The maximum absolute atomic E-state index is 10.9. The van der Waals surface area contributed by atoms with Crippen molar-refractivity contribution in [1.29, 1.82) is 10.5 Å². The van der Waals surface area contributed by atoms with Crippen LogP contribution in [-0.4, -0.2) is 11.1 Å². The van der Waals surface area contributed by atoms with Crippen LogP contribution in [0.15, 0.2) is 36.4 Å². The van der Waals surface area contributed by atoms with Crippen LogP contribution < -0.4 is 11.1 Å². The van der Waals surface area contributed by atoms with E-state index in [1.54, 1.807) is 18.2 Å². The first-order valence-corrected chi connectivity index (χ1v) is 5.89. The Morgan fingerprint density at radius 1 is 1.05 bits per heavy atom. The van der Waals surface area contributed by atoms with Gasteiger partial charge in [0.25, 0.3) is 0 Å². The molecule has 0 aliphatic rings. The van der Waals surface area contributed by atoms with Gasteiger partial charge < -0.3 is 16.2 Å². The number of carboxylic acids is 1. The molecule has 2 rings (SSSR count). The maximum atomic E-state index is 10.9. The Morgan fingerprint density at radius 2 is 1.67 bits per heavy atom. The summed E-state index contributed by atoms with van der Waals surface area (Å²) in [6, 6.07) is 13.1. The van der Waals surface area contributed by atoms with E-state index in [1.165, 1.54) is 18.2 Å². The summed E-state index contributed by atoms with van der Waals surface area (Å²) < 4.78 is 0. The largest absolute Gasteiger partial charge is 0.478 e. The fourth-order valence-corrected chi connectivity index (χ4v) is 1.81. The third-order valence-corrected chi connectivity index (χ3v) is 2.83. The van der Waals surface area contributed by atoms with E-state index in [9.17, 15) is 4.79 Å². The summed E-state index contributed by atoms with van der Waals surface area (Å²) in [5.41, 5.74) is 7.58. The van der Waals surface area contributed by atoms with Crippen molar-refractivity contribution >= 4 is 23.0 Å². The van der Waals surface area contributed by atoms with Gasteiger partial charge in [-0.1, -0.05) is 0 Å². The highest BCUT2D eigenvalue weighted by atomic mass is 16.4. The summed E-state index contributed by atoms with van der Waals surface area (Å²) in [4.78, 5) is 10.9. The predicted molar refractivity (Wildman–Crippen MR) is 77.0 cm³/mol. The van der Waals surface area contributed by atoms with Gasteiger partial charge in [0.05, 0.1) is 16.7 Å². The number of carboxylic acid groups (broad SMARTS) is 1. The van der Waals surface area contributed by atoms with Gasteiger partial charge in [0.15, 0.2) is 0 Å². The highest BCUT2D eigenvalue weighted by Gasteiger charge is 2.08. The van der Waals surface area contributed by atoms with Crippen molar-refractivity contribution in [2.75, 3.05) is 11.1 Å². The first kappa shape index (κ1) is 13.9. The number of anilines is 3. The number of nitrogen functional groups attached to an aromatic ring is 1. The van der Waals surface area contributed by atoms with E-state index in [0.29, 0.717) is 16.9 Å². The average molecular weight is 278 g/mol. The fraction of sp³-hybridized carbons (Fsp3) is 0. The second-order valence-electron chi connectivity index (χ2n) is 4.22. The zero-order valence-electron chi connectivity index (χ0n) is 10.8. The van der Waals surface area contributed by atoms with Gasteiger partial charge in [0.2, 0.25) is 0 Å². The summed E-state index contributed by atoms with van der Waals surface area (Å²) in [7, 11) is 0. The van der Waals surface area contributed by atoms with Gasteiger partial charge >= 0.3 is 5.97 Å². The molecule has 0 radical (unpaired) electrons. The van der Waals surface area contributed by atoms with E-state index < -0.39 is 5.97 Å². The van der Waals surface area contributed by atoms with Crippen LogP contribution in [0.2, 0.25) is 0 Å². The van der Waals surface area contributed by atoms with E-state index >= 15 is 0 Å². The quantitative estimate of drug-likeness (QED) is 0.741. The first-order chi connectivity index (χ1) is 10.0. The molecule has 4 N–H and O–H groups in total. The predicted octanol–water partition coefficient (Wildman–Crippen LogP) is 2.45. The zero-order valence-corrected chi connectivity index (χ0v) is 10.8. The van der Waals surface area contributed by atoms with Crippen LogP contribution in [0.25, 0.3) is 0 Å². The van der Waals surface area contributed by atoms with E-state index in [4.69, 9.17) is 21.4 Å². The molecule has 6 nitrogen and oxygen atoms in total. The van der Waals surface area contributed by atoms with Gasteiger partial charge in [-0.3, -0.25) is 0 Å². The lowest BCUT2D eigenvalue weighted by molar-refractivity contribution is 0.0698. The molecule has 0 bridgehead atoms. The number of nitrogens with two attached hydrogens (primary N) is 1. The van der Waals surface area contributed by atoms with E-state index in [-0.39, 0.29) is 16.8 Å². The topological polar surface area (TPSA) is 123 Å². The standard InChI is InChI=1S/C15H10N4O2/c16-7-9-1-2-11(5-10(9)8-17)19-12-3-4-13(15(20)21)14(18)6-12/h1-6,19H,18H2,(H,20,21). The molecule has 0 aromatic heterocycles. The van der Waals surface area contributed by atoms with Crippen molar-refractivity contribution in [2.45, 2.75) is 0 Å². The minimum Gasteiger partial charge on any atom is -0.478 e. The molecule has 2 aromatic rings. The van der Waals surface area contributed by atoms with Crippen LogP contribution >= 0.6 is 0 Å². The van der Waals surface area contributed by atoms with Gasteiger partial charge in [-0.15, -0.1) is 0 Å². The second-order valence-corrected chi connectivity index (χ2v) is 4.22. The maximum Gasteiger partial charge on any atom is 0.337 e. The summed E-state index contributed by atoms with van der Waals surface area (Å²) in [6.45, 7) is 0. The molecule has 21 heavy (non-hydrogen) atoms. The molecule has 0 amide bonds. The Hall–Kier alpha value is -3.51. The first-order valence-electron chi connectivity index (χ1n) is 5.89. The van der Waals surface area contributed by atoms with Gasteiger partial charge in [0, 0.05) is 17.1 Å². The Kier molecular flexibility index (Phi) is 3.74. The molecule has 0 saturated heterocycles. The van der Waals surface area contributed by atoms with Crippen LogP contribution in [0.4, 0.5) is 17.1 Å². The summed E-state index contributed by atoms with van der Waals surface area (Å²) in [6.07, 6.45) is 0. The van der Waals surface area contributed by atoms with Crippen molar-refractivity contribution < 1.29 is 9.90 Å². The van der Waals surface area contributed by atoms with Crippen molar-refractivity contribution in [3.8, 4) is 12.1 Å². The highest BCUT2D eigenvalue weighted by Crippen LogP contribution is 2.23. The Morgan fingerprint density at radius 3 is 2.24 bits per heavy atom. The third kappa shape index (κ3) is 2.91. The molecule has 0 saturated carbocycles. The molecule has 0 aliphatic carbocycles. The lowest BCUT2D eigenvalue weighted by Gasteiger charge is -2.09. The molecule has 0 fully saturated rings. The summed E-state index contributed by atoms with van der Waals surface area (Å²) in [5, 5.41) is 29.7. The smallest absolute Gasteiger partial charge is 0.337 e. The number of hydrogen-bond donors (Lipinski definition) is 3.